The van der Waals surface area contributed by atoms with E-state index in [0.29, 0.717) is 82.4 Å². The lowest BCUT2D eigenvalue weighted by Crippen LogP contribution is -2.39. The summed E-state index contributed by atoms with van der Waals surface area (Å²) in [7, 11) is 6.39. The molecule has 6 N–H and O–H groups in total. The number of sulfonamides is 1. The number of fused-ring (bicyclic) bond motifs is 24. The lowest BCUT2D eigenvalue weighted by molar-refractivity contribution is 0.150. The van der Waals surface area contributed by atoms with E-state index in [1.165, 1.54) is 102 Å². The maximum atomic E-state index is 11.6. The number of aryl methyl sites for hydroxylation is 2. The summed E-state index contributed by atoms with van der Waals surface area (Å²) >= 11 is 1.85. The monoisotopic (exact) mass is 1870 g/mol. The largest absolute Gasteiger partial charge is 0.504 e. The van der Waals surface area contributed by atoms with E-state index in [0.717, 1.165) is 255 Å². The predicted octanol–water partition coefficient (Wildman–Crippen LogP) is 19.1. The van der Waals surface area contributed by atoms with Crippen LogP contribution in [0.2, 0.25) is 0 Å². The van der Waals surface area contributed by atoms with Gasteiger partial charge in [-0.2, -0.15) is 0 Å². The number of phenols is 5. The van der Waals surface area contributed by atoms with Gasteiger partial charge in [-0.25, -0.2) is 8.42 Å². The Morgan fingerprint density at radius 3 is 1.12 bits per heavy atom. The second kappa shape index (κ2) is 38.0. The average Bonchev–Trinajstić information content (AvgIpc) is 1.75. The van der Waals surface area contributed by atoms with E-state index < -0.39 is 10.0 Å². The topological polar surface area (TPSA) is 288 Å². The van der Waals surface area contributed by atoms with Crippen molar-refractivity contribution in [3.63, 3.8) is 0 Å². The van der Waals surface area contributed by atoms with Crippen molar-refractivity contribution < 1.29 is 84.5 Å². The molecule has 6 aromatic heterocycles. The molecule has 0 saturated heterocycles. The minimum Gasteiger partial charge on any atom is -0.504 e. The smallest absolute Gasteiger partial charge is 0.229 e. The molecule has 27 heteroatoms. The summed E-state index contributed by atoms with van der Waals surface area (Å²) < 4.78 is 88.1. The van der Waals surface area contributed by atoms with Crippen LogP contribution < -0.4 is 33.1 Å². The molecule has 0 spiro atoms. The number of phenolic OH excluding ortho intramolecular Hbond substituents is 5. The van der Waals surface area contributed by atoms with Crippen molar-refractivity contribution in [2.24, 2.45) is 11.8 Å². The van der Waals surface area contributed by atoms with Crippen LogP contribution in [0, 0.1) is 18.8 Å². The van der Waals surface area contributed by atoms with Crippen molar-refractivity contribution in [3.8, 4) is 63.2 Å². The van der Waals surface area contributed by atoms with E-state index in [2.05, 4.69) is 96.7 Å². The number of anilines is 1. The summed E-state index contributed by atoms with van der Waals surface area (Å²) in [6.07, 6.45) is 20.3. The van der Waals surface area contributed by atoms with Gasteiger partial charge in [0.25, 0.3) is 0 Å². The molecular formula is C108H125N7O18S2. The third kappa shape index (κ3) is 18.1. The van der Waals surface area contributed by atoms with E-state index in [9.17, 15) is 34.0 Å². The average molecular weight is 1870 g/mol. The standard InChI is InChI=1S/C20H23NO3.C20H25NO3.C18H21NO3.C17H20N2O3S2.C17H19NO3.C16H17NO3/c1-23-20-16-11-21-7-6-19-15(10-14(24-19)8-12-2-3-12)17(21)9-13(16)4-5-18(20)22;1-12(2)8-14-10-15-17-9-13-4-5-18(22)20(23-3)16(13)11-21(17)7-6-19(15)24-14;1-3-12-9-13-15-8-11-4-5-16(20)18(21-2)14(11)10-19(15)7-6-17(13)22-12;1-22-17-13-10-19-7-5-16-12(6-8-23-16)15(19)9-11(13)3-4-14(17)18-24(2,20)21;1-10-7-12-14-8-11-3-4-15(19)17(20-2)13(11)9-18(14)6-5-16(12)21-10;1-19-16-12-9-17-6-4-15-11(5-7-20-15)13(17)8-10(12)2-3-14(16)18/h4-5,10,12,17,22H,2-3,6-9,11H2,1H3;4-5,10,12,17,22H,6-9,11H2,1-3H3;4-5,9,15,20H,3,6-8,10H2,1-2H3;3-4,6,8,15,18H,5,7,9-10H2,1-2H3;3-4,7,14,19H,5-6,8-9H2,1-2H3;2-3,5,7,13,18H,4,6,8-9H2,1H3/t2*17-;2*15-;14-;13-/m000000/s1. The molecule has 12 aromatic rings. The number of nitrogens with one attached hydrogen (secondary N) is 1. The highest BCUT2D eigenvalue weighted by Gasteiger charge is 2.44. The Balaban J connectivity index is 0.000000101. The molecule has 0 radical (unpaired) electrons. The quantitative estimate of drug-likeness (QED) is 0.0625. The van der Waals surface area contributed by atoms with Crippen LogP contribution in [0.3, 0.4) is 0 Å². The van der Waals surface area contributed by atoms with Crippen molar-refractivity contribution in [3.05, 3.63) is 278 Å². The molecule has 25 nitrogen and oxygen atoms in total. The predicted molar refractivity (Wildman–Crippen MR) is 515 cm³/mol. The fourth-order valence-electron chi connectivity index (χ4n) is 23.5. The second-order valence-corrected chi connectivity index (χ2v) is 41.5. The van der Waals surface area contributed by atoms with Crippen molar-refractivity contribution in [1.82, 2.24) is 29.4 Å². The van der Waals surface area contributed by atoms with Crippen molar-refractivity contribution >= 4 is 27.0 Å². The van der Waals surface area contributed by atoms with Crippen LogP contribution in [0.1, 0.15) is 227 Å². The van der Waals surface area contributed by atoms with Gasteiger partial charge in [0, 0.05) is 232 Å². The molecule has 1 fully saturated rings. The Labute approximate surface area is 794 Å². The zero-order chi connectivity index (χ0) is 93.5. The van der Waals surface area contributed by atoms with Crippen LogP contribution in [-0.2, 0) is 146 Å². The molecular weight excluding hydrogens is 1750 g/mol. The number of aromatic hydroxyl groups is 5. The minimum atomic E-state index is -3.33. The Kier molecular flexibility index (Phi) is 25.8. The molecule has 1 aliphatic carbocycles. The molecule has 135 heavy (non-hydrogen) atoms. The number of rotatable bonds is 13. The van der Waals surface area contributed by atoms with Gasteiger partial charge in [0.1, 0.15) is 57.6 Å². The van der Waals surface area contributed by atoms with Crippen LogP contribution in [0.5, 0.6) is 63.2 Å². The molecule has 12 aliphatic heterocycles. The number of hydrogen-bond acceptors (Lipinski definition) is 25. The first-order valence-corrected chi connectivity index (χ1v) is 50.7. The summed E-state index contributed by atoms with van der Waals surface area (Å²) in [5, 5.41) is 52.2. The fraction of sp³-hybridized carbons (Fsp3) is 0.444. The molecule has 6 aromatic carbocycles. The SMILES string of the molecule is CCc1cc2c(o1)CCN1Cc3c(ccc(O)c3OC)C[C@@H]21.COc1c(NS(C)(=O)=O)ccc2c1CN1CCc3sccc3[C@@H]1C2.COc1c(O)ccc2c1CN1CCc3oc(C)cc3[C@@H]1C2.COc1c(O)ccc2c1CN1CCc3oc(CC(C)C)cc3[C@@H]1C2.COc1c(O)ccc2c1CN1CCc3oc(CC4CC4)cc3[C@@H]1C2.COc1c(O)ccc2c1CN1CCc3occc3[C@@H]1C2. The summed E-state index contributed by atoms with van der Waals surface area (Å²) in [6, 6.07) is 38.4. The third-order valence-electron chi connectivity index (χ3n) is 30.1. The van der Waals surface area contributed by atoms with Gasteiger partial charge < -0.3 is 76.0 Å². The second-order valence-electron chi connectivity index (χ2n) is 38.8. The van der Waals surface area contributed by atoms with Gasteiger partial charge in [0.15, 0.2) is 57.5 Å². The molecule has 0 amide bonds. The Morgan fingerprint density at radius 1 is 0.400 bits per heavy atom. The Morgan fingerprint density at radius 2 is 0.733 bits per heavy atom. The normalized spacial score (nSPS) is 20.7. The fourth-order valence-corrected chi connectivity index (χ4v) is 25.0. The summed E-state index contributed by atoms with van der Waals surface area (Å²) in [5.41, 5.74) is 23.0. The van der Waals surface area contributed by atoms with Crippen LogP contribution in [0.25, 0.3) is 0 Å². The van der Waals surface area contributed by atoms with Crippen LogP contribution in [-0.4, -0.2) is 152 Å². The molecule has 0 unspecified atom stereocenters. The molecule has 25 rings (SSSR count). The summed E-state index contributed by atoms with van der Waals surface area (Å²) in [6.45, 7) is 19.5. The third-order valence-corrected chi connectivity index (χ3v) is 31.7. The van der Waals surface area contributed by atoms with E-state index in [1.807, 2.05) is 60.7 Å². The maximum Gasteiger partial charge on any atom is 0.229 e. The van der Waals surface area contributed by atoms with Crippen LogP contribution in [0.4, 0.5) is 5.69 Å². The van der Waals surface area contributed by atoms with Gasteiger partial charge in [0.2, 0.25) is 10.0 Å². The molecule has 18 heterocycles. The molecule has 712 valence electrons. The van der Waals surface area contributed by atoms with Gasteiger partial charge in [0.05, 0.1) is 60.9 Å². The Hall–Kier alpha value is -11.3. The van der Waals surface area contributed by atoms with Crippen molar-refractivity contribution in [1.29, 1.82) is 0 Å². The zero-order valence-electron chi connectivity index (χ0n) is 79.2. The number of methoxy groups -OCH3 is 6. The minimum absolute atomic E-state index is 0.228. The number of benzene rings is 6. The van der Waals surface area contributed by atoms with Crippen molar-refractivity contribution in [2.75, 3.05) is 92.9 Å². The first kappa shape index (κ1) is 91.5. The molecule has 13 aliphatic rings. The number of hydrogen-bond donors (Lipinski definition) is 6. The summed E-state index contributed by atoms with van der Waals surface area (Å²) in [5.74, 6) is 16.6. The van der Waals surface area contributed by atoms with E-state index in [4.69, 9.17) is 50.5 Å². The van der Waals surface area contributed by atoms with Gasteiger partial charge in [-0.05, 0) is 194 Å². The highest BCUT2D eigenvalue weighted by molar-refractivity contribution is 7.92. The first-order chi connectivity index (χ1) is 65.4. The van der Waals surface area contributed by atoms with Gasteiger partial charge in [-0.15, -0.1) is 11.3 Å². The number of ether oxygens (including phenoxy) is 6. The first-order valence-electron chi connectivity index (χ1n) is 48.0. The number of nitrogens with zero attached hydrogens (tertiary/aromatic N) is 6. The molecule has 1 saturated carbocycles. The summed E-state index contributed by atoms with van der Waals surface area (Å²) in [4.78, 5) is 16.3. The lowest BCUT2D eigenvalue weighted by Gasteiger charge is -2.40. The number of thiophene rings is 1. The van der Waals surface area contributed by atoms with Crippen LogP contribution >= 0.6 is 11.3 Å². The Bertz CT molecular complexity index is 6400. The highest BCUT2D eigenvalue weighted by atomic mass is 32.2. The van der Waals surface area contributed by atoms with Crippen molar-refractivity contribution in [2.45, 2.75) is 212 Å². The zero-order valence-corrected chi connectivity index (χ0v) is 80.8. The van der Waals surface area contributed by atoms with E-state index >= 15 is 0 Å². The van der Waals surface area contributed by atoms with Gasteiger partial charge in [-0.1, -0.05) is 57.2 Å². The molecule has 0 bridgehead atoms. The van der Waals surface area contributed by atoms with E-state index in [-0.39, 0.29) is 28.7 Å². The number of furan rings is 5. The highest BCUT2D eigenvalue weighted by Crippen LogP contribution is 2.53. The maximum absolute atomic E-state index is 11.6. The molecule has 6 atom stereocenters. The van der Waals surface area contributed by atoms with Gasteiger partial charge in [-0.3, -0.25) is 34.1 Å². The van der Waals surface area contributed by atoms with Crippen LogP contribution in [0.15, 0.2) is 143 Å². The van der Waals surface area contributed by atoms with Gasteiger partial charge >= 0.3 is 0 Å². The lowest BCUT2D eigenvalue weighted by atomic mass is 9.86. The van der Waals surface area contributed by atoms with E-state index in [1.54, 1.807) is 79.3 Å².